The van der Waals surface area contributed by atoms with E-state index in [1.54, 1.807) is 6.07 Å². The molecule has 0 unspecified atom stereocenters. The highest BCUT2D eigenvalue weighted by atomic mass is 16.8. The van der Waals surface area contributed by atoms with Gasteiger partial charge in [-0.25, -0.2) is 5.43 Å². The van der Waals surface area contributed by atoms with E-state index in [-0.39, 0.29) is 22.1 Å². The number of aromatic nitrogens is 2. The lowest BCUT2D eigenvalue weighted by atomic mass is 10.4. The minimum Gasteiger partial charge on any atom is -0.459 e. The first-order valence-corrected chi connectivity index (χ1v) is 4.61. The molecule has 88 valence electrons. The van der Waals surface area contributed by atoms with Crippen molar-refractivity contribution in [1.29, 1.82) is 0 Å². The summed E-state index contributed by atoms with van der Waals surface area (Å²) in [4.78, 5) is 11.6. The Morgan fingerprint density at radius 3 is 3.12 bits per heavy atom. The summed E-state index contributed by atoms with van der Waals surface area (Å²) in [5, 5.41) is 17.9. The number of hydrazone groups is 1. The van der Waals surface area contributed by atoms with Crippen LogP contribution in [-0.2, 0) is 0 Å². The van der Waals surface area contributed by atoms with Crippen LogP contribution in [0.5, 0.6) is 0 Å². The van der Waals surface area contributed by atoms with Crippen molar-refractivity contribution >= 4 is 12.1 Å². The van der Waals surface area contributed by atoms with Gasteiger partial charge in [0.05, 0.1) is 6.26 Å². The van der Waals surface area contributed by atoms with E-state index in [1.807, 2.05) is 0 Å². The predicted octanol–water partition coefficient (Wildman–Crippen LogP) is -0.0267. The highest BCUT2D eigenvalue weighted by Gasteiger charge is 2.11. The van der Waals surface area contributed by atoms with Gasteiger partial charge in [0.2, 0.25) is 5.69 Å². The van der Waals surface area contributed by atoms with Crippen LogP contribution in [0.15, 0.2) is 32.5 Å². The highest BCUT2D eigenvalue weighted by molar-refractivity contribution is 5.92. The lowest BCUT2D eigenvalue weighted by Crippen LogP contribution is -2.26. The number of furan rings is 1. The van der Waals surface area contributed by atoms with Crippen LogP contribution in [0.2, 0.25) is 0 Å². The fraction of sp³-hybridized carbons (Fsp3) is 0.111. The third-order valence-corrected chi connectivity index (χ3v) is 1.96. The van der Waals surface area contributed by atoms with Crippen molar-refractivity contribution in [2.75, 3.05) is 0 Å². The number of nitrogens with one attached hydrogen (secondary N) is 1. The van der Waals surface area contributed by atoms with Crippen LogP contribution < -0.4 is 10.3 Å². The van der Waals surface area contributed by atoms with Crippen molar-refractivity contribution in [2.24, 2.45) is 5.10 Å². The number of amides is 1. The second-order valence-corrected chi connectivity index (χ2v) is 3.08. The van der Waals surface area contributed by atoms with Crippen LogP contribution in [0, 0.1) is 12.1 Å². The maximum atomic E-state index is 11.4. The van der Waals surface area contributed by atoms with Crippen LogP contribution in [0.4, 0.5) is 0 Å². The third kappa shape index (κ3) is 2.30. The van der Waals surface area contributed by atoms with Gasteiger partial charge in [-0.05, 0) is 17.0 Å². The van der Waals surface area contributed by atoms with E-state index in [1.165, 1.54) is 25.5 Å². The standard InChI is InChI=1S/C9H8N4O4/c1-6-7(12-17-13(6)15)5-10-11-9(14)8-3-2-4-16-8/h2-5H,1H3,(H,11,14)/b10-5+. The van der Waals surface area contributed by atoms with Crippen molar-refractivity contribution < 1.29 is 18.7 Å². The largest absolute Gasteiger partial charge is 0.459 e. The van der Waals surface area contributed by atoms with Gasteiger partial charge in [0.1, 0.15) is 6.21 Å². The van der Waals surface area contributed by atoms with Crippen LogP contribution >= 0.6 is 0 Å². The molecule has 0 atom stereocenters. The Hall–Kier alpha value is -2.64. The molecule has 0 aliphatic rings. The van der Waals surface area contributed by atoms with Crippen LogP contribution in [0.25, 0.3) is 0 Å². The average molecular weight is 236 g/mol. The summed E-state index contributed by atoms with van der Waals surface area (Å²) in [6.45, 7) is 1.51. The molecule has 0 aromatic carbocycles. The molecule has 8 heteroatoms. The number of hydrogen-bond donors (Lipinski definition) is 1. The number of carbonyl (C=O) groups is 1. The van der Waals surface area contributed by atoms with Gasteiger partial charge in [-0.3, -0.25) is 9.42 Å². The molecule has 8 nitrogen and oxygen atoms in total. The van der Waals surface area contributed by atoms with Gasteiger partial charge in [-0.15, -0.1) is 0 Å². The monoisotopic (exact) mass is 236 g/mol. The molecule has 0 saturated carbocycles. The first-order valence-electron chi connectivity index (χ1n) is 4.61. The first kappa shape index (κ1) is 10.9. The zero-order chi connectivity index (χ0) is 12.3. The van der Waals surface area contributed by atoms with E-state index in [0.717, 1.165) is 0 Å². The van der Waals surface area contributed by atoms with Gasteiger partial charge in [-0.1, -0.05) is 0 Å². The van der Waals surface area contributed by atoms with Gasteiger partial charge in [-0.2, -0.15) is 5.10 Å². The molecule has 0 aliphatic carbocycles. The number of carbonyl (C=O) groups excluding carboxylic acids is 1. The van der Waals surface area contributed by atoms with Gasteiger partial charge in [0.25, 0.3) is 5.69 Å². The van der Waals surface area contributed by atoms with Gasteiger partial charge in [0.15, 0.2) is 5.76 Å². The fourth-order valence-electron chi connectivity index (χ4n) is 1.03. The van der Waals surface area contributed by atoms with E-state index in [2.05, 4.69) is 20.3 Å². The molecule has 0 radical (unpaired) electrons. The molecule has 0 spiro atoms. The molecular weight excluding hydrogens is 228 g/mol. The van der Waals surface area contributed by atoms with E-state index in [0.29, 0.717) is 0 Å². The molecule has 0 fully saturated rings. The lowest BCUT2D eigenvalue weighted by Gasteiger charge is -1.92. The average Bonchev–Trinajstić information content (AvgIpc) is 2.93. The summed E-state index contributed by atoms with van der Waals surface area (Å²) in [5.41, 5.74) is 2.70. The van der Waals surface area contributed by atoms with Crippen molar-refractivity contribution in [1.82, 2.24) is 10.6 Å². The third-order valence-electron chi connectivity index (χ3n) is 1.96. The summed E-state index contributed by atoms with van der Waals surface area (Å²) >= 11 is 0. The molecule has 2 aromatic heterocycles. The maximum absolute atomic E-state index is 11.4. The first-order chi connectivity index (χ1) is 8.18. The van der Waals surface area contributed by atoms with Crippen LogP contribution in [-0.4, -0.2) is 17.3 Å². The summed E-state index contributed by atoms with van der Waals surface area (Å²) in [7, 11) is 0. The summed E-state index contributed by atoms with van der Waals surface area (Å²) < 4.78 is 9.17. The normalized spacial score (nSPS) is 10.9. The number of hydrogen-bond acceptors (Lipinski definition) is 6. The number of nitrogens with zero attached hydrogens (tertiary/aromatic N) is 3. The number of rotatable bonds is 3. The molecule has 0 aliphatic heterocycles. The Kier molecular flexibility index (Phi) is 2.86. The minimum atomic E-state index is -0.498. The Morgan fingerprint density at radius 2 is 2.53 bits per heavy atom. The van der Waals surface area contributed by atoms with Gasteiger partial charge >= 0.3 is 5.91 Å². The maximum Gasteiger partial charge on any atom is 0.307 e. The predicted molar refractivity (Wildman–Crippen MR) is 54.0 cm³/mol. The molecular formula is C9H8N4O4. The second-order valence-electron chi connectivity index (χ2n) is 3.08. The molecule has 1 amide bonds. The van der Waals surface area contributed by atoms with Crippen molar-refractivity contribution in [2.45, 2.75) is 6.92 Å². The molecule has 2 aromatic rings. The summed E-state index contributed by atoms with van der Waals surface area (Å²) in [5.74, 6) is -0.361. The van der Waals surface area contributed by atoms with E-state index < -0.39 is 5.91 Å². The SMILES string of the molecule is Cc1c(/C=N/NC(=O)c2ccco2)no[n+]1[O-]. The molecule has 17 heavy (non-hydrogen) atoms. The van der Waals surface area contributed by atoms with E-state index >= 15 is 0 Å². The van der Waals surface area contributed by atoms with Gasteiger partial charge < -0.3 is 9.62 Å². The zero-order valence-electron chi connectivity index (χ0n) is 8.78. The molecule has 0 bridgehead atoms. The molecule has 1 N–H and O–H groups in total. The Balaban J connectivity index is 1.99. The molecule has 2 rings (SSSR count). The second kappa shape index (κ2) is 4.47. The summed E-state index contributed by atoms with van der Waals surface area (Å²) in [6.07, 6.45) is 2.58. The van der Waals surface area contributed by atoms with Crippen LogP contribution in [0.3, 0.4) is 0 Å². The van der Waals surface area contributed by atoms with Gasteiger partial charge in [0, 0.05) is 12.1 Å². The Bertz CT molecular complexity index is 543. The highest BCUT2D eigenvalue weighted by Crippen LogP contribution is 1.99. The zero-order valence-corrected chi connectivity index (χ0v) is 8.78. The smallest absolute Gasteiger partial charge is 0.307 e. The Morgan fingerprint density at radius 1 is 1.71 bits per heavy atom. The fourth-order valence-corrected chi connectivity index (χ4v) is 1.03. The van der Waals surface area contributed by atoms with Crippen molar-refractivity contribution in [3.63, 3.8) is 0 Å². The van der Waals surface area contributed by atoms with E-state index in [4.69, 9.17) is 4.42 Å². The molecule has 0 saturated heterocycles. The van der Waals surface area contributed by atoms with Crippen molar-refractivity contribution in [3.05, 3.63) is 40.8 Å². The van der Waals surface area contributed by atoms with Crippen molar-refractivity contribution in [3.8, 4) is 0 Å². The van der Waals surface area contributed by atoms with Crippen LogP contribution in [0.1, 0.15) is 21.9 Å². The topological polar surface area (TPSA) is 108 Å². The summed E-state index contributed by atoms with van der Waals surface area (Å²) in [6, 6.07) is 3.08. The van der Waals surface area contributed by atoms with E-state index in [9.17, 15) is 10.0 Å². The minimum absolute atomic E-state index is 0.137. The lowest BCUT2D eigenvalue weighted by molar-refractivity contribution is -0.806. The molecule has 2 heterocycles. The quantitative estimate of drug-likeness (QED) is 0.457. The Labute approximate surface area is 95.0 Å².